The zero-order chi connectivity index (χ0) is 26.3. The summed E-state index contributed by atoms with van der Waals surface area (Å²) >= 11 is 1.49. The van der Waals surface area contributed by atoms with E-state index < -0.39 is 16.6 Å². The first-order chi connectivity index (χ1) is 17.2. The van der Waals surface area contributed by atoms with Crippen molar-refractivity contribution >= 4 is 45.4 Å². The number of esters is 1. The lowest BCUT2D eigenvalue weighted by Crippen LogP contribution is -2.37. The summed E-state index contributed by atoms with van der Waals surface area (Å²) in [6, 6.07) is 11.3. The molecule has 0 amide bonds. The van der Waals surface area contributed by atoms with Crippen LogP contribution in [0.3, 0.4) is 0 Å². The van der Waals surface area contributed by atoms with E-state index in [1.807, 2.05) is 36.6 Å². The molecule has 0 radical (unpaired) electrons. The number of fused-ring (bicyclic) bond motifs is 1. The SMILES string of the molecule is CCCCC1(CC)CN(c2ccc(N)cc2)c2cc(SC)c(O/C=C/C(=O)OCC)cc2S(O)(O)C1. The van der Waals surface area contributed by atoms with Crippen LogP contribution in [0.4, 0.5) is 17.1 Å². The van der Waals surface area contributed by atoms with Crippen LogP contribution in [-0.4, -0.2) is 40.2 Å². The third kappa shape index (κ3) is 6.51. The molecule has 1 aliphatic rings. The summed E-state index contributed by atoms with van der Waals surface area (Å²) in [6.45, 7) is 6.96. The number of carbonyl (C=O) groups is 1. The summed E-state index contributed by atoms with van der Waals surface area (Å²) in [6.07, 6.45) is 8.20. The second kappa shape index (κ2) is 12.3. The van der Waals surface area contributed by atoms with Crippen molar-refractivity contribution in [2.24, 2.45) is 5.41 Å². The van der Waals surface area contributed by atoms with Gasteiger partial charge in [-0.25, -0.2) is 4.79 Å². The molecule has 36 heavy (non-hydrogen) atoms. The van der Waals surface area contributed by atoms with Gasteiger partial charge in [0, 0.05) is 35.2 Å². The molecule has 4 N–H and O–H groups in total. The Morgan fingerprint density at radius 3 is 2.56 bits per heavy atom. The van der Waals surface area contributed by atoms with Crippen molar-refractivity contribution in [3.63, 3.8) is 0 Å². The molecule has 1 atom stereocenters. The van der Waals surface area contributed by atoms with Crippen molar-refractivity contribution in [1.29, 1.82) is 0 Å². The van der Waals surface area contributed by atoms with Crippen LogP contribution in [-0.2, 0) is 9.53 Å². The van der Waals surface area contributed by atoms with Crippen LogP contribution in [0.25, 0.3) is 0 Å². The number of benzene rings is 2. The molecular weight excluding hydrogens is 496 g/mol. The average Bonchev–Trinajstić information content (AvgIpc) is 2.95. The highest BCUT2D eigenvalue weighted by Crippen LogP contribution is 2.62. The zero-order valence-corrected chi connectivity index (χ0v) is 23.2. The molecule has 0 saturated carbocycles. The summed E-state index contributed by atoms with van der Waals surface area (Å²) in [4.78, 5) is 15.1. The van der Waals surface area contributed by atoms with E-state index in [0.29, 0.717) is 22.9 Å². The smallest absolute Gasteiger partial charge is 0.333 e. The van der Waals surface area contributed by atoms with E-state index >= 15 is 0 Å². The maximum absolute atomic E-state index is 11.7. The predicted molar refractivity (Wildman–Crippen MR) is 151 cm³/mol. The summed E-state index contributed by atoms with van der Waals surface area (Å²) in [5.41, 5.74) is 8.06. The Morgan fingerprint density at radius 2 is 1.94 bits per heavy atom. The van der Waals surface area contributed by atoms with Gasteiger partial charge in [0.15, 0.2) is 0 Å². The molecule has 2 aromatic carbocycles. The van der Waals surface area contributed by atoms with Crippen LogP contribution in [0.15, 0.2) is 58.5 Å². The van der Waals surface area contributed by atoms with Gasteiger partial charge in [0.25, 0.3) is 0 Å². The Bertz CT molecular complexity index is 1070. The highest BCUT2D eigenvalue weighted by Gasteiger charge is 2.42. The molecule has 0 aliphatic carbocycles. The highest BCUT2D eigenvalue weighted by molar-refractivity contribution is 8.24. The summed E-state index contributed by atoms with van der Waals surface area (Å²) in [7, 11) is -3.15. The summed E-state index contributed by atoms with van der Waals surface area (Å²) in [5.74, 6) is 0.239. The first-order valence-corrected chi connectivity index (χ1v) is 15.2. The average molecular weight is 535 g/mol. The lowest BCUT2D eigenvalue weighted by Gasteiger charge is -2.41. The fraction of sp³-hybridized carbons (Fsp3) is 0.444. The third-order valence-corrected chi connectivity index (χ3v) is 9.40. The van der Waals surface area contributed by atoms with E-state index in [4.69, 9.17) is 15.2 Å². The third-order valence-electron chi connectivity index (χ3n) is 6.59. The molecule has 198 valence electrons. The minimum absolute atomic E-state index is 0.275. The maximum atomic E-state index is 11.7. The van der Waals surface area contributed by atoms with Gasteiger partial charge in [0.2, 0.25) is 0 Å². The molecule has 1 heterocycles. The van der Waals surface area contributed by atoms with Crippen LogP contribution < -0.4 is 15.4 Å². The molecule has 1 unspecified atom stereocenters. The van der Waals surface area contributed by atoms with E-state index in [1.165, 1.54) is 24.1 Å². The number of unbranched alkanes of at least 4 members (excludes halogenated alkanes) is 1. The van der Waals surface area contributed by atoms with Crippen LogP contribution in [0.1, 0.15) is 46.5 Å². The lowest BCUT2D eigenvalue weighted by atomic mass is 9.81. The molecule has 0 spiro atoms. The Balaban J connectivity index is 2.15. The zero-order valence-electron chi connectivity index (χ0n) is 21.5. The van der Waals surface area contributed by atoms with Gasteiger partial charge < -0.3 is 20.1 Å². The van der Waals surface area contributed by atoms with Gasteiger partial charge in [-0.3, -0.25) is 9.11 Å². The molecule has 0 bridgehead atoms. The van der Waals surface area contributed by atoms with E-state index in [2.05, 4.69) is 18.7 Å². The number of thioether (sulfide) groups is 1. The standard InChI is InChI=1S/C27H38N2O5S2/c1-5-8-14-27(6-2)18-29(21-11-9-20(28)10-12-21)22-16-24(35-4)23(17-25(22)36(31,32)19-27)34-15-13-26(30)33-7-3/h9-13,15-17,31-32H,5-8,14,18-19,28H2,1-4H3/b15-13+. The van der Waals surface area contributed by atoms with Crippen molar-refractivity contribution in [3.8, 4) is 5.75 Å². The predicted octanol–water partition coefficient (Wildman–Crippen LogP) is 7.29. The van der Waals surface area contributed by atoms with Gasteiger partial charge in [0.1, 0.15) is 5.75 Å². The number of nitrogen functional groups attached to an aromatic ring is 1. The molecule has 0 fully saturated rings. The number of hydrogen-bond donors (Lipinski definition) is 3. The van der Waals surface area contributed by atoms with Crippen molar-refractivity contribution < 1.29 is 23.4 Å². The molecule has 0 saturated heterocycles. The molecule has 0 aromatic heterocycles. The second-order valence-electron chi connectivity index (χ2n) is 9.09. The quantitative estimate of drug-likeness (QED) is 0.0959. The molecule has 7 nitrogen and oxygen atoms in total. The molecule has 9 heteroatoms. The monoisotopic (exact) mass is 534 g/mol. The highest BCUT2D eigenvalue weighted by atomic mass is 32.3. The first-order valence-electron chi connectivity index (χ1n) is 12.3. The van der Waals surface area contributed by atoms with Crippen LogP contribution in [0.5, 0.6) is 5.75 Å². The Hall–Kier alpha value is -2.33. The summed E-state index contributed by atoms with van der Waals surface area (Å²) < 4.78 is 33.9. The largest absolute Gasteiger partial charge is 0.463 e. The number of nitrogens with zero attached hydrogens (tertiary/aromatic N) is 1. The van der Waals surface area contributed by atoms with E-state index in [0.717, 1.165) is 42.0 Å². The van der Waals surface area contributed by atoms with Gasteiger partial charge in [-0.05, 0) is 56.4 Å². The van der Waals surface area contributed by atoms with Crippen molar-refractivity contribution in [2.45, 2.75) is 56.2 Å². The minimum atomic E-state index is -3.15. The Labute approximate surface area is 220 Å². The van der Waals surface area contributed by atoms with E-state index in [1.54, 1.807) is 13.0 Å². The number of carbonyl (C=O) groups excluding carboxylic acids is 1. The van der Waals surface area contributed by atoms with Gasteiger partial charge in [0.05, 0.1) is 34.4 Å². The van der Waals surface area contributed by atoms with Crippen LogP contribution in [0.2, 0.25) is 0 Å². The van der Waals surface area contributed by atoms with Gasteiger partial charge >= 0.3 is 5.97 Å². The minimum Gasteiger partial charge on any atom is -0.463 e. The van der Waals surface area contributed by atoms with E-state index in [-0.39, 0.29) is 17.8 Å². The molecule has 1 aliphatic heterocycles. The van der Waals surface area contributed by atoms with Gasteiger partial charge in [-0.2, -0.15) is 10.6 Å². The van der Waals surface area contributed by atoms with Gasteiger partial charge in [-0.15, -0.1) is 11.8 Å². The number of ether oxygens (including phenoxy) is 2. The molecular formula is C27H38N2O5S2. The topological polar surface area (TPSA) is 105 Å². The van der Waals surface area contributed by atoms with Gasteiger partial charge in [-0.1, -0.05) is 26.7 Å². The number of hydrogen-bond acceptors (Lipinski definition) is 8. The first kappa shape index (κ1) is 28.2. The Kier molecular flexibility index (Phi) is 9.63. The van der Waals surface area contributed by atoms with Crippen LogP contribution in [0, 0.1) is 5.41 Å². The van der Waals surface area contributed by atoms with Crippen molar-refractivity contribution in [1.82, 2.24) is 0 Å². The fourth-order valence-electron chi connectivity index (χ4n) is 4.56. The second-order valence-corrected chi connectivity index (χ2v) is 12.0. The number of nitrogens with two attached hydrogens (primary N) is 1. The number of anilines is 3. The maximum Gasteiger partial charge on any atom is 0.333 e. The summed E-state index contributed by atoms with van der Waals surface area (Å²) in [5, 5.41) is 0. The Morgan fingerprint density at radius 1 is 1.22 bits per heavy atom. The fourth-order valence-corrected chi connectivity index (χ4v) is 7.34. The lowest BCUT2D eigenvalue weighted by molar-refractivity contribution is -0.137. The normalized spacial score (nSPS) is 20.0. The van der Waals surface area contributed by atoms with Crippen LogP contribution >= 0.6 is 22.4 Å². The van der Waals surface area contributed by atoms with E-state index in [9.17, 15) is 13.9 Å². The number of rotatable bonds is 10. The van der Waals surface area contributed by atoms with Crippen molar-refractivity contribution in [3.05, 3.63) is 48.7 Å². The van der Waals surface area contributed by atoms with Crippen molar-refractivity contribution in [2.75, 3.05) is 35.8 Å². The molecule has 3 rings (SSSR count). The molecule has 2 aromatic rings.